The van der Waals surface area contributed by atoms with Gasteiger partial charge in [-0.05, 0) is 18.6 Å². The van der Waals surface area contributed by atoms with Gasteiger partial charge in [-0.3, -0.25) is 0 Å². The third-order valence-electron chi connectivity index (χ3n) is 1.81. The second kappa shape index (κ2) is 5.51. The monoisotopic (exact) mass is 170 g/mol. The summed E-state index contributed by atoms with van der Waals surface area (Å²) in [6, 6.07) is 0. The van der Waals surface area contributed by atoms with Crippen molar-refractivity contribution >= 4 is 11.8 Å². The van der Waals surface area contributed by atoms with Crippen LogP contribution in [0.15, 0.2) is 0 Å². The molecule has 11 heavy (non-hydrogen) atoms. The average Bonchev–Trinajstić information content (AvgIpc) is 2.07. The van der Waals surface area contributed by atoms with E-state index in [1.165, 1.54) is 25.0 Å². The minimum Gasteiger partial charge on any atom is -0.384 e. The first-order valence-corrected chi connectivity index (χ1v) is 5.16. The summed E-state index contributed by atoms with van der Waals surface area (Å²) < 4.78 is 0. The van der Waals surface area contributed by atoms with Gasteiger partial charge in [0.2, 0.25) is 0 Å². The van der Waals surface area contributed by atoms with Gasteiger partial charge in [0, 0.05) is 11.7 Å². The molecule has 1 nitrogen and oxygen atoms in total. The van der Waals surface area contributed by atoms with Gasteiger partial charge in [-0.25, -0.2) is 0 Å². The van der Waals surface area contributed by atoms with E-state index in [4.69, 9.17) is 5.11 Å². The molecule has 0 aliphatic carbocycles. The van der Waals surface area contributed by atoms with Crippen LogP contribution < -0.4 is 0 Å². The highest BCUT2D eigenvalue weighted by Crippen LogP contribution is 2.26. The van der Waals surface area contributed by atoms with Crippen LogP contribution in [0.2, 0.25) is 0 Å². The van der Waals surface area contributed by atoms with Crippen molar-refractivity contribution in [1.82, 2.24) is 0 Å². The van der Waals surface area contributed by atoms with Crippen LogP contribution in [0.1, 0.15) is 25.7 Å². The predicted octanol–water partition coefficient (Wildman–Crippen LogP) is 1.66. The second-order valence-corrected chi connectivity index (χ2v) is 4.11. The standard InChI is InChI=1S/C9H14OS/c10-7-3-1-5-9-6-2-4-8-11-9/h9-10H,2,4-8H2. The molecule has 1 heterocycles. The largest absolute Gasteiger partial charge is 0.384 e. The lowest BCUT2D eigenvalue weighted by Gasteiger charge is -2.18. The van der Waals surface area contributed by atoms with E-state index in [2.05, 4.69) is 11.8 Å². The van der Waals surface area contributed by atoms with Crippen molar-refractivity contribution in [2.45, 2.75) is 30.9 Å². The zero-order valence-corrected chi connectivity index (χ0v) is 7.49. The number of hydrogen-bond acceptors (Lipinski definition) is 2. The summed E-state index contributed by atoms with van der Waals surface area (Å²) in [6.07, 6.45) is 5.00. The van der Waals surface area contributed by atoms with Crippen LogP contribution in [0.3, 0.4) is 0 Å². The van der Waals surface area contributed by atoms with E-state index in [1.54, 1.807) is 0 Å². The fourth-order valence-corrected chi connectivity index (χ4v) is 2.45. The highest BCUT2D eigenvalue weighted by Gasteiger charge is 2.11. The summed E-state index contributed by atoms with van der Waals surface area (Å²) in [5, 5.41) is 9.15. The average molecular weight is 170 g/mol. The first kappa shape index (κ1) is 8.96. The molecule has 1 rings (SSSR count). The molecule has 0 aromatic heterocycles. The number of rotatable bonds is 1. The maximum Gasteiger partial charge on any atom is 0.104 e. The Hall–Kier alpha value is -0.130. The Morgan fingerprint density at radius 3 is 2.91 bits per heavy atom. The van der Waals surface area contributed by atoms with Crippen LogP contribution in [-0.2, 0) is 0 Å². The normalized spacial score (nSPS) is 23.9. The van der Waals surface area contributed by atoms with Gasteiger partial charge in [0.15, 0.2) is 0 Å². The number of aliphatic hydroxyl groups excluding tert-OH is 1. The second-order valence-electron chi connectivity index (χ2n) is 2.70. The predicted molar refractivity (Wildman–Crippen MR) is 49.6 cm³/mol. The highest BCUT2D eigenvalue weighted by atomic mass is 32.2. The Labute approximate surface area is 72.6 Å². The molecular formula is C9H14OS. The molecule has 0 aromatic rings. The van der Waals surface area contributed by atoms with Crippen molar-refractivity contribution < 1.29 is 5.11 Å². The number of thioether (sulfide) groups is 1. The summed E-state index contributed by atoms with van der Waals surface area (Å²) in [4.78, 5) is 0. The van der Waals surface area contributed by atoms with Crippen LogP contribution in [0, 0.1) is 11.8 Å². The fourth-order valence-electron chi connectivity index (χ4n) is 1.21. The lowest BCUT2D eigenvalue weighted by atomic mass is 10.1. The topological polar surface area (TPSA) is 20.2 Å². The van der Waals surface area contributed by atoms with Crippen molar-refractivity contribution in [3.8, 4) is 11.8 Å². The molecule has 0 saturated carbocycles. The summed E-state index contributed by atoms with van der Waals surface area (Å²) in [5.41, 5.74) is 0. The maximum atomic E-state index is 8.42. The molecule has 1 aliphatic heterocycles. The number of aliphatic hydroxyl groups is 1. The zero-order valence-electron chi connectivity index (χ0n) is 6.68. The van der Waals surface area contributed by atoms with Gasteiger partial charge < -0.3 is 5.11 Å². The Morgan fingerprint density at radius 2 is 2.27 bits per heavy atom. The van der Waals surface area contributed by atoms with Crippen molar-refractivity contribution in [2.75, 3.05) is 12.4 Å². The highest BCUT2D eigenvalue weighted by molar-refractivity contribution is 7.99. The molecule has 62 valence electrons. The third-order valence-corrected chi connectivity index (χ3v) is 3.21. The smallest absolute Gasteiger partial charge is 0.104 e. The van der Waals surface area contributed by atoms with E-state index in [1.807, 2.05) is 11.8 Å². The fraction of sp³-hybridized carbons (Fsp3) is 0.778. The summed E-state index contributed by atoms with van der Waals surface area (Å²) >= 11 is 2.03. The van der Waals surface area contributed by atoms with Crippen LogP contribution in [0.5, 0.6) is 0 Å². The van der Waals surface area contributed by atoms with Gasteiger partial charge >= 0.3 is 0 Å². The van der Waals surface area contributed by atoms with Gasteiger partial charge in [-0.15, -0.1) is 0 Å². The SMILES string of the molecule is OCC#CCC1CCCCS1. The zero-order chi connectivity index (χ0) is 7.94. The molecule has 1 fully saturated rings. The van der Waals surface area contributed by atoms with E-state index in [9.17, 15) is 0 Å². The molecule has 1 N–H and O–H groups in total. The maximum absolute atomic E-state index is 8.42. The molecule has 1 aliphatic rings. The molecule has 0 amide bonds. The van der Waals surface area contributed by atoms with Gasteiger partial charge in [0.1, 0.15) is 6.61 Å². The summed E-state index contributed by atoms with van der Waals surface area (Å²) in [6.45, 7) is 0.0113. The molecule has 0 spiro atoms. The first-order chi connectivity index (χ1) is 5.43. The van der Waals surface area contributed by atoms with Crippen LogP contribution in [-0.4, -0.2) is 22.7 Å². The third kappa shape index (κ3) is 3.69. The van der Waals surface area contributed by atoms with E-state index in [0.29, 0.717) is 0 Å². The Kier molecular flexibility index (Phi) is 4.49. The molecule has 1 unspecified atom stereocenters. The van der Waals surface area contributed by atoms with Gasteiger partial charge in [0.05, 0.1) is 0 Å². The van der Waals surface area contributed by atoms with Crippen LogP contribution in [0.4, 0.5) is 0 Å². The van der Waals surface area contributed by atoms with Crippen molar-refractivity contribution in [2.24, 2.45) is 0 Å². The molecule has 0 aromatic carbocycles. The van der Waals surface area contributed by atoms with E-state index >= 15 is 0 Å². The molecule has 1 atom stereocenters. The quantitative estimate of drug-likeness (QED) is 0.604. The molecule has 0 bridgehead atoms. The van der Waals surface area contributed by atoms with Crippen LogP contribution >= 0.6 is 11.8 Å². The minimum absolute atomic E-state index is 0.0113. The van der Waals surface area contributed by atoms with E-state index in [-0.39, 0.29) is 6.61 Å². The van der Waals surface area contributed by atoms with E-state index < -0.39 is 0 Å². The molecule has 1 saturated heterocycles. The summed E-state index contributed by atoms with van der Waals surface area (Å²) in [5.74, 6) is 6.97. The Balaban J connectivity index is 2.14. The Bertz CT molecular complexity index is 151. The molecule has 2 heteroatoms. The van der Waals surface area contributed by atoms with E-state index in [0.717, 1.165) is 11.7 Å². The lowest BCUT2D eigenvalue weighted by molar-refractivity contribution is 0.350. The van der Waals surface area contributed by atoms with Gasteiger partial charge in [-0.2, -0.15) is 11.8 Å². The lowest BCUT2D eigenvalue weighted by Crippen LogP contribution is -2.07. The van der Waals surface area contributed by atoms with Gasteiger partial charge in [-0.1, -0.05) is 18.3 Å². The summed E-state index contributed by atoms with van der Waals surface area (Å²) in [7, 11) is 0. The van der Waals surface area contributed by atoms with Crippen LogP contribution in [0.25, 0.3) is 0 Å². The molecular weight excluding hydrogens is 156 g/mol. The number of hydrogen-bond donors (Lipinski definition) is 1. The van der Waals surface area contributed by atoms with Gasteiger partial charge in [0.25, 0.3) is 0 Å². The minimum atomic E-state index is 0.0113. The molecule has 0 radical (unpaired) electrons. The van der Waals surface area contributed by atoms with Crippen molar-refractivity contribution in [1.29, 1.82) is 0 Å². The Morgan fingerprint density at radius 1 is 1.36 bits per heavy atom. The first-order valence-electron chi connectivity index (χ1n) is 4.11. The van der Waals surface area contributed by atoms with Crippen molar-refractivity contribution in [3.63, 3.8) is 0 Å². The van der Waals surface area contributed by atoms with Crippen molar-refractivity contribution in [3.05, 3.63) is 0 Å².